The molecule has 0 atom stereocenters. The third-order valence-electron chi connectivity index (χ3n) is 3.30. The minimum absolute atomic E-state index is 0.0478. The highest BCUT2D eigenvalue weighted by molar-refractivity contribution is 7.14. The van der Waals surface area contributed by atoms with Crippen LogP contribution in [0.1, 0.15) is 20.8 Å². The number of nitrogens with one attached hydrogen (secondary N) is 1. The number of aryl methyl sites for hydroxylation is 1. The van der Waals surface area contributed by atoms with Gasteiger partial charge in [-0.3, -0.25) is 4.79 Å². The first-order valence-electron chi connectivity index (χ1n) is 7.35. The predicted octanol–water partition coefficient (Wildman–Crippen LogP) is 4.55. The summed E-state index contributed by atoms with van der Waals surface area (Å²) in [6.07, 6.45) is 3.06. The van der Waals surface area contributed by atoms with Gasteiger partial charge in [0.15, 0.2) is 0 Å². The largest absolute Gasteiger partial charge is 0.478 e. The number of halogens is 1. The van der Waals surface area contributed by atoms with Gasteiger partial charge in [-0.05, 0) is 17.7 Å². The molecule has 0 fully saturated rings. The zero-order valence-electron chi connectivity index (χ0n) is 13.9. The van der Waals surface area contributed by atoms with Crippen molar-refractivity contribution in [2.45, 2.75) is 0 Å². The Morgan fingerprint density at radius 3 is 2.46 bits per heavy atom. The van der Waals surface area contributed by atoms with Crippen LogP contribution in [0.5, 0.6) is 0 Å². The molecule has 0 unspecified atom stereocenters. The lowest BCUT2D eigenvalue weighted by molar-refractivity contribution is 0.0699. The summed E-state index contributed by atoms with van der Waals surface area (Å²) in [7, 11) is 1.75. The highest BCUT2D eigenvalue weighted by Gasteiger charge is 2.22. The number of anilines is 1. The molecule has 2 heterocycles. The monoisotopic (exact) mass is 389 g/mol. The van der Waals surface area contributed by atoms with E-state index in [0.717, 1.165) is 5.56 Å². The number of aromatic nitrogens is 2. The highest BCUT2D eigenvalue weighted by atomic mass is 35.5. The van der Waals surface area contributed by atoms with Crippen molar-refractivity contribution in [2.24, 2.45) is 7.05 Å². The van der Waals surface area contributed by atoms with Crippen molar-refractivity contribution in [3.8, 4) is 10.4 Å². The van der Waals surface area contributed by atoms with Crippen molar-refractivity contribution in [3.05, 3.63) is 71.6 Å². The maximum Gasteiger partial charge on any atom is 0.339 e. The molecule has 134 valence electrons. The summed E-state index contributed by atoms with van der Waals surface area (Å²) in [5, 5.41) is 14.3. The van der Waals surface area contributed by atoms with Gasteiger partial charge in [-0.2, -0.15) is 0 Å². The second-order valence-electron chi connectivity index (χ2n) is 5.04. The number of carbonyl (C=O) groups excluding carboxylic acids is 1. The molecule has 0 saturated carbocycles. The molecular weight excluding hydrogens is 374 g/mol. The zero-order valence-corrected chi connectivity index (χ0v) is 15.5. The smallest absolute Gasteiger partial charge is 0.339 e. The first kappa shape index (κ1) is 19.4. The minimum atomic E-state index is -1.11. The van der Waals surface area contributed by atoms with Crippen LogP contribution in [0.2, 0.25) is 5.02 Å². The van der Waals surface area contributed by atoms with E-state index < -0.39 is 11.9 Å². The van der Waals surface area contributed by atoms with Crippen LogP contribution in [0, 0.1) is 0 Å². The molecule has 0 spiro atoms. The van der Waals surface area contributed by atoms with Gasteiger partial charge in [-0.15, -0.1) is 24.5 Å². The van der Waals surface area contributed by atoms with Crippen LogP contribution >= 0.6 is 22.9 Å². The van der Waals surface area contributed by atoms with Crippen molar-refractivity contribution < 1.29 is 14.7 Å². The van der Waals surface area contributed by atoms with E-state index >= 15 is 0 Å². The van der Waals surface area contributed by atoms with Gasteiger partial charge >= 0.3 is 5.97 Å². The molecule has 3 aromatic rings. The Morgan fingerprint density at radius 2 is 1.92 bits per heavy atom. The number of imidazole rings is 1. The fraction of sp³-hybridized carbons (Fsp3) is 0.0556. The van der Waals surface area contributed by atoms with Gasteiger partial charge in [0.25, 0.3) is 5.91 Å². The van der Waals surface area contributed by atoms with Gasteiger partial charge in [0.2, 0.25) is 0 Å². The van der Waals surface area contributed by atoms with Gasteiger partial charge in [-0.25, -0.2) is 9.78 Å². The quantitative estimate of drug-likeness (QED) is 0.641. The molecule has 2 aromatic heterocycles. The molecule has 2 N–H and O–H groups in total. The van der Waals surface area contributed by atoms with E-state index in [0.29, 0.717) is 9.90 Å². The number of carbonyl (C=O) groups is 2. The van der Waals surface area contributed by atoms with E-state index in [9.17, 15) is 14.7 Å². The maximum atomic E-state index is 12.2. The average Bonchev–Trinajstić information content (AvgIpc) is 3.24. The van der Waals surface area contributed by atoms with E-state index in [1.165, 1.54) is 17.7 Å². The number of amides is 1. The standard InChI is InChI=1S/C16H12ClN3O3S.C2H4/c1-20-6-11(18-8-20)15(21)19-12-7-24-14(13(12)16(22)23)9-2-4-10(17)5-3-9;1-2/h2-8H,1H3,(H,19,21)(H,22,23);1-2H2. The fourth-order valence-electron chi connectivity index (χ4n) is 2.19. The number of rotatable bonds is 4. The molecule has 1 aromatic carbocycles. The van der Waals surface area contributed by atoms with Crippen LogP contribution in [-0.4, -0.2) is 26.5 Å². The van der Waals surface area contributed by atoms with Crippen LogP contribution in [0.15, 0.2) is 55.3 Å². The number of thiophene rings is 1. The highest BCUT2D eigenvalue weighted by Crippen LogP contribution is 2.36. The normalized spacial score (nSPS) is 9.92. The summed E-state index contributed by atoms with van der Waals surface area (Å²) in [6.45, 7) is 6.00. The second kappa shape index (κ2) is 8.46. The van der Waals surface area contributed by atoms with Crippen LogP contribution in [-0.2, 0) is 7.05 Å². The van der Waals surface area contributed by atoms with Crippen LogP contribution in [0.3, 0.4) is 0 Å². The van der Waals surface area contributed by atoms with E-state index in [1.807, 2.05) is 0 Å². The SMILES string of the molecule is C=C.Cn1cnc(C(=O)Nc2csc(-c3ccc(Cl)cc3)c2C(=O)O)c1. The summed E-state index contributed by atoms with van der Waals surface area (Å²) in [5.41, 5.74) is 1.23. The van der Waals surface area contributed by atoms with Crippen molar-refractivity contribution in [2.75, 3.05) is 5.32 Å². The predicted molar refractivity (Wildman–Crippen MR) is 104 cm³/mol. The molecule has 26 heavy (non-hydrogen) atoms. The third kappa shape index (κ3) is 4.19. The minimum Gasteiger partial charge on any atom is -0.478 e. The number of hydrogen-bond donors (Lipinski definition) is 2. The zero-order chi connectivity index (χ0) is 19.3. The third-order valence-corrected chi connectivity index (χ3v) is 4.58. The van der Waals surface area contributed by atoms with Crippen molar-refractivity contribution in [1.82, 2.24) is 9.55 Å². The molecule has 3 rings (SSSR count). The average molecular weight is 390 g/mol. The van der Waals surface area contributed by atoms with E-state index in [-0.39, 0.29) is 16.9 Å². The van der Waals surface area contributed by atoms with Gasteiger partial charge < -0.3 is 15.0 Å². The van der Waals surface area contributed by atoms with E-state index in [4.69, 9.17) is 11.6 Å². The summed E-state index contributed by atoms with van der Waals surface area (Å²) in [4.78, 5) is 28.4. The van der Waals surface area contributed by atoms with Gasteiger partial charge in [0.05, 0.1) is 16.9 Å². The first-order chi connectivity index (χ1) is 12.5. The molecule has 8 heteroatoms. The van der Waals surface area contributed by atoms with E-state index in [1.54, 1.807) is 47.5 Å². The van der Waals surface area contributed by atoms with Gasteiger partial charge in [0.1, 0.15) is 11.3 Å². The van der Waals surface area contributed by atoms with Crippen molar-refractivity contribution in [3.63, 3.8) is 0 Å². The lowest BCUT2D eigenvalue weighted by Crippen LogP contribution is -2.14. The Labute approximate surface area is 159 Å². The number of benzene rings is 1. The molecule has 0 saturated heterocycles. The first-order valence-corrected chi connectivity index (χ1v) is 8.61. The Hall–Kier alpha value is -2.90. The molecular formula is C18H16ClN3O3S. The molecule has 0 aliphatic rings. The molecule has 0 aliphatic heterocycles. The topological polar surface area (TPSA) is 84.2 Å². The summed E-state index contributed by atoms with van der Waals surface area (Å²) < 4.78 is 1.64. The number of carboxylic acid groups (broad SMARTS) is 1. The van der Waals surface area contributed by atoms with Crippen molar-refractivity contribution in [1.29, 1.82) is 0 Å². The molecule has 0 bridgehead atoms. The summed E-state index contributed by atoms with van der Waals surface area (Å²) in [6, 6.07) is 6.86. The summed E-state index contributed by atoms with van der Waals surface area (Å²) in [5.74, 6) is -1.57. The Kier molecular flexibility index (Phi) is 6.32. The lowest BCUT2D eigenvalue weighted by atomic mass is 10.1. The number of nitrogens with zero attached hydrogens (tertiary/aromatic N) is 2. The van der Waals surface area contributed by atoms with Crippen LogP contribution < -0.4 is 5.32 Å². The Balaban J connectivity index is 0.00000117. The Bertz CT molecular complexity index is 932. The number of carboxylic acids is 1. The van der Waals surface area contributed by atoms with Crippen molar-refractivity contribution >= 4 is 40.5 Å². The molecule has 0 radical (unpaired) electrons. The number of hydrogen-bond acceptors (Lipinski definition) is 4. The molecule has 6 nitrogen and oxygen atoms in total. The summed E-state index contributed by atoms with van der Waals surface area (Å²) >= 11 is 7.11. The molecule has 0 aliphatic carbocycles. The van der Waals surface area contributed by atoms with Gasteiger partial charge in [0, 0.05) is 23.6 Å². The van der Waals surface area contributed by atoms with Gasteiger partial charge in [-0.1, -0.05) is 23.7 Å². The maximum absolute atomic E-state index is 12.2. The van der Waals surface area contributed by atoms with Crippen LogP contribution in [0.4, 0.5) is 5.69 Å². The Morgan fingerprint density at radius 1 is 1.27 bits per heavy atom. The van der Waals surface area contributed by atoms with E-state index in [2.05, 4.69) is 23.5 Å². The number of aromatic carboxylic acids is 1. The second-order valence-corrected chi connectivity index (χ2v) is 6.36. The van der Waals surface area contributed by atoms with Crippen LogP contribution in [0.25, 0.3) is 10.4 Å². The lowest BCUT2D eigenvalue weighted by Gasteiger charge is -2.05. The fourth-order valence-corrected chi connectivity index (χ4v) is 3.32. The molecule has 1 amide bonds.